The molecule has 0 bridgehead atoms. The molecule has 0 N–H and O–H groups in total. The summed E-state index contributed by atoms with van der Waals surface area (Å²) in [4.78, 5) is 9.63. The Balaban J connectivity index is 2.56. The summed E-state index contributed by atoms with van der Waals surface area (Å²) in [6, 6.07) is 3.36. The first kappa shape index (κ1) is 7.99. The number of nitro groups is 1. The molecule has 2 rings (SSSR count). The molecule has 1 aliphatic heterocycles. The highest BCUT2D eigenvalue weighted by molar-refractivity contribution is 7.88. The van der Waals surface area contributed by atoms with Gasteiger partial charge in [-0.05, 0) is 6.07 Å². The number of fused-ring (bicyclic) bond motifs is 1. The van der Waals surface area contributed by atoms with E-state index in [9.17, 15) is 18.5 Å². The van der Waals surface area contributed by atoms with E-state index in [1.165, 1.54) is 0 Å². The van der Waals surface area contributed by atoms with E-state index < -0.39 is 15.0 Å². The average molecular weight is 201 g/mol. The normalized spacial score (nSPS) is 16.6. The van der Waals surface area contributed by atoms with Crippen LogP contribution >= 0.6 is 0 Å². The van der Waals surface area contributed by atoms with Gasteiger partial charge >= 0.3 is 10.1 Å². The lowest BCUT2D eigenvalue weighted by atomic mass is 10.3. The summed E-state index contributed by atoms with van der Waals surface area (Å²) in [6.07, 6.45) is 0. The van der Waals surface area contributed by atoms with Gasteiger partial charge < -0.3 is 4.18 Å². The quantitative estimate of drug-likeness (QED) is 0.378. The third kappa shape index (κ3) is 1.04. The van der Waals surface area contributed by atoms with Crippen molar-refractivity contribution in [2.24, 2.45) is 0 Å². The summed E-state index contributed by atoms with van der Waals surface area (Å²) in [5.74, 6) is 0.0363. The molecule has 0 aromatic heterocycles. The molecule has 6 nitrogen and oxygen atoms in total. The highest BCUT2D eigenvalue weighted by atomic mass is 32.2. The summed E-state index contributed by atoms with van der Waals surface area (Å²) in [5, 5.41) is 10.3. The van der Waals surface area contributed by atoms with Crippen LogP contribution in [0.2, 0.25) is 0 Å². The minimum Gasteiger partial charge on any atom is -0.377 e. The lowest BCUT2D eigenvalue weighted by Crippen LogP contribution is -2.20. The Bertz CT molecular complexity index is 492. The lowest BCUT2D eigenvalue weighted by Gasteiger charge is -2.17. The average Bonchev–Trinajstić information content (AvgIpc) is 2.01. The van der Waals surface area contributed by atoms with Gasteiger partial charge in [0.2, 0.25) is 0 Å². The highest BCUT2D eigenvalue weighted by Crippen LogP contribution is 2.38. The fourth-order valence-electron chi connectivity index (χ4n) is 1.01. The third-order valence-corrected chi connectivity index (χ3v) is 2.88. The molecule has 0 saturated carbocycles. The van der Waals surface area contributed by atoms with Gasteiger partial charge in [-0.25, -0.2) is 0 Å². The zero-order valence-electron chi connectivity index (χ0n) is 6.13. The number of benzene rings is 1. The molecule has 0 unspecified atom stereocenters. The van der Waals surface area contributed by atoms with Crippen molar-refractivity contribution in [2.45, 2.75) is 4.90 Å². The molecular formula is C6H3NO5S. The van der Waals surface area contributed by atoms with Crippen LogP contribution in [0, 0.1) is 10.1 Å². The molecule has 0 fully saturated rings. The van der Waals surface area contributed by atoms with Crippen molar-refractivity contribution in [1.82, 2.24) is 0 Å². The van der Waals surface area contributed by atoms with E-state index in [1.807, 2.05) is 0 Å². The number of nitrogens with zero attached hydrogens (tertiary/aromatic N) is 1. The molecule has 0 radical (unpaired) electrons. The maximum atomic E-state index is 10.8. The van der Waals surface area contributed by atoms with Crippen molar-refractivity contribution >= 4 is 15.8 Å². The SMILES string of the molecule is O=[N+]([O-])c1ccc2c(c1)OS2(=O)=O. The van der Waals surface area contributed by atoms with Gasteiger partial charge in [0.25, 0.3) is 5.69 Å². The Morgan fingerprint density at radius 2 is 2.08 bits per heavy atom. The van der Waals surface area contributed by atoms with Gasteiger partial charge in [0.15, 0.2) is 5.75 Å². The van der Waals surface area contributed by atoms with Crippen molar-refractivity contribution in [1.29, 1.82) is 0 Å². The Morgan fingerprint density at radius 3 is 2.54 bits per heavy atom. The monoisotopic (exact) mass is 201 g/mol. The molecule has 0 spiro atoms. The zero-order valence-corrected chi connectivity index (χ0v) is 6.95. The smallest absolute Gasteiger partial charge is 0.343 e. The summed E-state index contributed by atoms with van der Waals surface area (Å²) < 4.78 is 25.9. The molecular weight excluding hydrogens is 198 g/mol. The van der Waals surface area contributed by atoms with E-state index in [1.54, 1.807) is 0 Å². The molecule has 0 amide bonds. The van der Waals surface area contributed by atoms with Gasteiger partial charge in [0, 0.05) is 6.07 Å². The maximum absolute atomic E-state index is 10.8. The van der Waals surface area contributed by atoms with Crippen LogP contribution in [0.4, 0.5) is 5.69 Å². The van der Waals surface area contributed by atoms with Gasteiger partial charge in [-0.15, -0.1) is 0 Å². The predicted octanol–water partition coefficient (Wildman–Crippen LogP) is 0.676. The summed E-state index contributed by atoms with van der Waals surface area (Å²) in [6.45, 7) is 0. The molecule has 1 aromatic carbocycles. The number of rotatable bonds is 1. The van der Waals surface area contributed by atoms with E-state index in [0.717, 1.165) is 18.2 Å². The van der Waals surface area contributed by atoms with Crippen molar-refractivity contribution in [3.63, 3.8) is 0 Å². The van der Waals surface area contributed by atoms with Crippen LogP contribution in [-0.4, -0.2) is 13.3 Å². The van der Waals surface area contributed by atoms with Crippen LogP contribution in [0.15, 0.2) is 23.1 Å². The Morgan fingerprint density at radius 1 is 1.38 bits per heavy atom. The first-order valence-corrected chi connectivity index (χ1v) is 4.64. The highest BCUT2D eigenvalue weighted by Gasteiger charge is 2.34. The van der Waals surface area contributed by atoms with E-state index >= 15 is 0 Å². The van der Waals surface area contributed by atoms with Crippen LogP contribution in [-0.2, 0) is 10.1 Å². The third-order valence-electron chi connectivity index (χ3n) is 1.61. The fourth-order valence-corrected chi connectivity index (χ4v) is 1.94. The summed E-state index contributed by atoms with van der Waals surface area (Å²) in [7, 11) is -3.61. The standard InChI is InChI=1S/C6H3NO5S/c8-7(9)4-1-2-6-5(3-4)12-13(6,10)11/h1-3H. The Kier molecular flexibility index (Phi) is 1.35. The summed E-state index contributed by atoms with van der Waals surface area (Å²) in [5.41, 5.74) is -0.186. The number of hydrogen-bond acceptors (Lipinski definition) is 5. The molecule has 1 aliphatic rings. The zero-order chi connectivity index (χ0) is 9.64. The fraction of sp³-hybridized carbons (Fsp3) is 0. The van der Waals surface area contributed by atoms with Gasteiger partial charge in [-0.2, -0.15) is 8.42 Å². The molecule has 7 heteroatoms. The van der Waals surface area contributed by atoms with Crippen molar-refractivity contribution in [2.75, 3.05) is 0 Å². The van der Waals surface area contributed by atoms with Crippen molar-refractivity contribution < 1.29 is 17.5 Å². The number of nitro benzene ring substituents is 1. The van der Waals surface area contributed by atoms with Crippen LogP contribution in [0.5, 0.6) is 5.75 Å². The van der Waals surface area contributed by atoms with Gasteiger partial charge in [0.05, 0.1) is 11.0 Å². The second-order valence-electron chi connectivity index (χ2n) is 2.43. The topological polar surface area (TPSA) is 86.5 Å². The number of hydrogen-bond donors (Lipinski definition) is 0. The van der Waals surface area contributed by atoms with E-state index in [-0.39, 0.29) is 16.3 Å². The van der Waals surface area contributed by atoms with Crippen LogP contribution < -0.4 is 4.18 Å². The largest absolute Gasteiger partial charge is 0.377 e. The number of non-ortho nitro benzene ring substituents is 1. The van der Waals surface area contributed by atoms with Crippen LogP contribution in [0.25, 0.3) is 0 Å². The molecule has 1 heterocycles. The lowest BCUT2D eigenvalue weighted by molar-refractivity contribution is -0.385. The minimum absolute atomic E-state index is 0.00176. The second-order valence-corrected chi connectivity index (χ2v) is 3.94. The first-order chi connectivity index (χ1) is 6.00. The van der Waals surface area contributed by atoms with Gasteiger partial charge in [-0.3, -0.25) is 10.1 Å². The van der Waals surface area contributed by atoms with E-state index in [2.05, 4.69) is 4.18 Å². The van der Waals surface area contributed by atoms with Crippen LogP contribution in [0.3, 0.4) is 0 Å². The Hall–Kier alpha value is -1.63. The van der Waals surface area contributed by atoms with Crippen molar-refractivity contribution in [3.8, 4) is 5.75 Å². The van der Waals surface area contributed by atoms with Crippen molar-refractivity contribution in [3.05, 3.63) is 28.3 Å². The molecule has 0 saturated heterocycles. The molecule has 0 aliphatic carbocycles. The molecule has 0 atom stereocenters. The minimum atomic E-state index is -3.61. The molecule has 1 aromatic rings. The van der Waals surface area contributed by atoms with Crippen LogP contribution in [0.1, 0.15) is 0 Å². The van der Waals surface area contributed by atoms with E-state index in [0.29, 0.717) is 0 Å². The predicted molar refractivity (Wildman–Crippen MR) is 40.9 cm³/mol. The van der Waals surface area contributed by atoms with Gasteiger partial charge in [-0.1, -0.05) is 0 Å². The first-order valence-electron chi connectivity index (χ1n) is 3.24. The Labute approximate surface area is 73.0 Å². The van der Waals surface area contributed by atoms with Gasteiger partial charge in [0.1, 0.15) is 4.90 Å². The molecule has 68 valence electrons. The maximum Gasteiger partial charge on any atom is 0.343 e. The summed E-state index contributed by atoms with van der Waals surface area (Å²) >= 11 is 0. The van der Waals surface area contributed by atoms with E-state index in [4.69, 9.17) is 0 Å². The molecule has 13 heavy (non-hydrogen) atoms. The second kappa shape index (κ2) is 2.19.